The first-order valence-corrected chi connectivity index (χ1v) is 18.9. The van der Waals surface area contributed by atoms with E-state index in [-0.39, 0.29) is 36.0 Å². The first kappa shape index (κ1) is 36.8. The van der Waals surface area contributed by atoms with Gasteiger partial charge in [0.2, 0.25) is 0 Å². The van der Waals surface area contributed by atoms with E-state index >= 15 is 0 Å². The van der Waals surface area contributed by atoms with Crippen LogP contribution in [-0.4, -0.2) is 11.9 Å². The zero-order valence-electron chi connectivity index (χ0n) is 30.8. The molecule has 5 aromatic carbocycles. The smallest absolute Gasteiger partial charge is 0.309 e. The first-order valence-electron chi connectivity index (χ1n) is 18.9. The Balaban J connectivity index is 1.46. The van der Waals surface area contributed by atoms with E-state index in [1.54, 1.807) is 0 Å². The lowest BCUT2D eigenvalue weighted by molar-refractivity contribution is -0.155. The summed E-state index contributed by atoms with van der Waals surface area (Å²) in [7, 11) is 0. The normalized spacial score (nSPS) is 13.9. The molecule has 50 heavy (non-hydrogen) atoms. The number of carbonyl (C=O) groups excluding carboxylic acids is 2. The van der Waals surface area contributed by atoms with E-state index in [4.69, 9.17) is 9.47 Å². The summed E-state index contributed by atoms with van der Waals surface area (Å²) in [6.45, 7) is 12.4. The number of esters is 2. The molecule has 0 fully saturated rings. The zero-order chi connectivity index (χ0) is 35.6. The van der Waals surface area contributed by atoms with Gasteiger partial charge >= 0.3 is 11.9 Å². The molecule has 0 saturated carbocycles. The van der Waals surface area contributed by atoms with Crippen LogP contribution in [-0.2, 0) is 19.1 Å². The van der Waals surface area contributed by atoms with E-state index in [1.807, 2.05) is 13.8 Å². The van der Waals surface area contributed by atoms with Gasteiger partial charge in [0, 0.05) is 0 Å². The quantitative estimate of drug-likeness (QED) is 0.0774. The van der Waals surface area contributed by atoms with E-state index in [0.717, 1.165) is 73.6 Å². The minimum Gasteiger partial charge on any atom is -0.458 e. The summed E-state index contributed by atoms with van der Waals surface area (Å²) in [5.41, 5.74) is 6.60. The van der Waals surface area contributed by atoms with Gasteiger partial charge in [0.15, 0.2) is 0 Å². The third-order valence-corrected chi connectivity index (χ3v) is 10.3. The van der Waals surface area contributed by atoms with Crippen LogP contribution in [0.4, 0.5) is 0 Å². The Morgan fingerprint density at radius 2 is 0.820 bits per heavy atom. The summed E-state index contributed by atoms with van der Waals surface area (Å²) in [6, 6.07) is 34.2. The van der Waals surface area contributed by atoms with Crippen LogP contribution >= 0.6 is 0 Å². The van der Waals surface area contributed by atoms with Crippen LogP contribution in [0.25, 0.3) is 43.8 Å². The molecule has 0 aliphatic heterocycles. The summed E-state index contributed by atoms with van der Waals surface area (Å²) in [6.07, 6.45) is 6.97. The largest absolute Gasteiger partial charge is 0.458 e. The highest BCUT2D eigenvalue weighted by molar-refractivity contribution is 6.21. The van der Waals surface area contributed by atoms with E-state index in [2.05, 4.69) is 125 Å². The maximum absolute atomic E-state index is 12.9. The molecule has 4 unspecified atom stereocenters. The molecule has 262 valence electrons. The van der Waals surface area contributed by atoms with Gasteiger partial charge in [-0.05, 0) is 94.5 Å². The van der Waals surface area contributed by atoms with Gasteiger partial charge in [0.25, 0.3) is 0 Å². The van der Waals surface area contributed by atoms with Crippen molar-refractivity contribution in [3.05, 3.63) is 108 Å². The maximum atomic E-state index is 12.9. The van der Waals surface area contributed by atoms with Crippen molar-refractivity contribution in [3.63, 3.8) is 0 Å². The fraction of sp³-hybridized carbons (Fsp3) is 0.391. The van der Waals surface area contributed by atoms with E-state index in [9.17, 15) is 9.59 Å². The highest BCUT2D eigenvalue weighted by Crippen LogP contribution is 2.44. The van der Waals surface area contributed by atoms with E-state index in [1.165, 1.54) is 32.7 Å². The van der Waals surface area contributed by atoms with Crippen molar-refractivity contribution in [1.29, 1.82) is 0 Å². The third kappa shape index (κ3) is 8.29. The third-order valence-electron chi connectivity index (χ3n) is 10.3. The second kappa shape index (κ2) is 17.5. The molecule has 4 atom stereocenters. The Morgan fingerprint density at radius 3 is 1.10 bits per heavy atom. The molecule has 0 aromatic heterocycles. The second-order valence-electron chi connectivity index (χ2n) is 13.7. The molecular formula is C46H54O4. The fourth-order valence-corrected chi connectivity index (χ4v) is 7.15. The van der Waals surface area contributed by atoms with Crippen molar-refractivity contribution in [3.8, 4) is 22.3 Å². The minimum atomic E-state index is -0.313. The molecule has 0 aliphatic rings. The Hall–Kier alpha value is -4.44. The standard InChI is InChI=1S/C46H54O4/c1-7-11-17-33(9-3)45(47)49-31(5)35-23-27-37(28-24-35)43-39-19-13-15-21-41(39)44(42-22-16-14-20-40(42)43)38-29-25-36(26-30-38)32(6)50-46(48)34(10-4)18-12-8-2/h13-16,19-34H,7-12,17-18H2,1-6H3. The second-order valence-corrected chi connectivity index (χ2v) is 13.7. The molecule has 0 amide bonds. The van der Waals surface area contributed by atoms with Crippen LogP contribution < -0.4 is 0 Å². The summed E-state index contributed by atoms with van der Waals surface area (Å²) in [4.78, 5) is 25.8. The Labute approximate surface area is 299 Å². The van der Waals surface area contributed by atoms with Crippen molar-refractivity contribution in [2.75, 3.05) is 0 Å². The molecule has 4 heteroatoms. The van der Waals surface area contributed by atoms with Gasteiger partial charge in [-0.25, -0.2) is 0 Å². The molecule has 0 aliphatic carbocycles. The van der Waals surface area contributed by atoms with Crippen molar-refractivity contribution < 1.29 is 19.1 Å². The molecule has 0 heterocycles. The van der Waals surface area contributed by atoms with E-state index in [0.29, 0.717) is 0 Å². The monoisotopic (exact) mass is 670 g/mol. The predicted molar refractivity (Wildman–Crippen MR) is 208 cm³/mol. The van der Waals surface area contributed by atoms with Gasteiger partial charge in [-0.1, -0.05) is 150 Å². The van der Waals surface area contributed by atoms with E-state index < -0.39 is 0 Å². The van der Waals surface area contributed by atoms with Crippen molar-refractivity contribution in [2.24, 2.45) is 11.8 Å². The minimum absolute atomic E-state index is 0.0427. The summed E-state index contributed by atoms with van der Waals surface area (Å²) in [5.74, 6) is -0.278. The zero-order valence-corrected chi connectivity index (χ0v) is 30.8. The number of hydrogen-bond acceptors (Lipinski definition) is 4. The topological polar surface area (TPSA) is 52.6 Å². The number of hydrogen-bond donors (Lipinski definition) is 0. The Kier molecular flexibility index (Phi) is 12.9. The Morgan fingerprint density at radius 1 is 0.500 bits per heavy atom. The SMILES string of the molecule is CCCCC(CC)C(=O)OC(C)c1ccc(-c2c3ccccc3c(-c3ccc(C(C)OC(=O)C(CC)CCCC)cc3)c3ccccc23)cc1. The van der Waals surface area contributed by atoms with Crippen LogP contribution in [0.2, 0.25) is 0 Å². The number of unbranched alkanes of at least 4 members (excludes halogenated alkanes) is 2. The van der Waals surface area contributed by atoms with Crippen molar-refractivity contribution in [1.82, 2.24) is 0 Å². The molecule has 0 bridgehead atoms. The van der Waals surface area contributed by atoms with Gasteiger partial charge in [0.05, 0.1) is 11.8 Å². The molecule has 0 radical (unpaired) electrons. The molecule has 5 aromatic rings. The first-order chi connectivity index (χ1) is 24.3. The number of benzene rings is 5. The number of fused-ring (bicyclic) bond motifs is 2. The molecule has 0 saturated heterocycles. The maximum Gasteiger partial charge on any atom is 0.309 e. The highest BCUT2D eigenvalue weighted by atomic mass is 16.5. The van der Waals surface area contributed by atoms with Crippen LogP contribution in [0.3, 0.4) is 0 Å². The number of carbonyl (C=O) groups is 2. The molecule has 4 nitrogen and oxygen atoms in total. The van der Waals surface area contributed by atoms with Crippen LogP contribution in [0.1, 0.15) is 116 Å². The lowest BCUT2D eigenvalue weighted by atomic mass is 9.85. The lowest BCUT2D eigenvalue weighted by Crippen LogP contribution is -2.19. The fourth-order valence-electron chi connectivity index (χ4n) is 7.15. The molecule has 0 spiro atoms. The summed E-state index contributed by atoms with van der Waals surface area (Å²) in [5, 5.41) is 4.72. The average molecular weight is 671 g/mol. The van der Waals surface area contributed by atoms with Crippen LogP contribution in [0, 0.1) is 11.8 Å². The van der Waals surface area contributed by atoms with Crippen LogP contribution in [0.5, 0.6) is 0 Å². The molecular weight excluding hydrogens is 617 g/mol. The summed E-state index contributed by atoms with van der Waals surface area (Å²) >= 11 is 0. The van der Waals surface area contributed by atoms with Crippen molar-refractivity contribution >= 4 is 33.5 Å². The molecule has 0 N–H and O–H groups in total. The predicted octanol–water partition coefficient (Wildman–Crippen LogP) is 13.0. The molecule has 5 rings (SSSR count). The Bertz CT molecular complexity index is 1680. The van der Waals surface area contributed by atoms with Gasteiger partial charge in [-0.3, -0.25) is 9.59 Å². The average Bonchev–Trinajstić information content (AvgIpc) is 3.14. The van der Waals surface area contributed by atoms with Gasteiger partial charge < -0.3 is 9.47 Å². The summed E-state index contributed by atoms with van der Waals surface area (Å²) < 4.78 is 11.9. The van der Waals surface area contributed by atoms with Crippen molar-refractivity contribution in [2.45, 2.75) is 105 Å². The van der Waals surface area contributed by atoms with Gasteiger partial charge in [0.1, 0.15) is 12.2 Å². The number of ether oxygens (including phenoxy) is 2. The lowest BCUT2D eigenvalue weighted by Gasteiger charge is -2.20. The number of rotatable bonds is 16. The van der Waals surface area contributed by atoms with Gasteiger partial charge in [-0.2, -0.15) is 0 Å². The van der Waals surface area contributed by atoms with Gasteiger partial charge in [-0.15, -0.1) is 0 Å². The van der Waals surface area contributed by atoms with Crippen LogP contribution in [0.15, 0.2) is 97.1 Å². The highest BCUT2D eigenvalue weighted by Gasteiger charge is 2.23.